The summed E-state index contributed by atoms with van der Waals surface area (Å²) in [6.45, 7) is 0. The summed E-state index contributed by atoms with van der Waals surface area (Å²) >= 11 is 0. The fraction of sp³-hybridized carbons (Fsp3) is 0.200. The summed E-state index contributed by atoms with van der Waals surface area (Å²) in [5.74, 6) is -1.11. The highest BCUT2D eigenvalue weighted by atomic mass is 16.5. The Morgan fingerprint density at radius 1 is 0.759 bits per heavy atom. The van der Waals surface area contributed by atoms with Gasteiger partial charge in [0.2, 0.25) is 0 Å². The van der Waals surface area contributed by atoms with Crippen molar-refractivity contribution >= 4 is 11.8 Å². The van der Waals surface area contributed by atoms with Crippen molar-refractivity contribution in [3.63, 3.8) is 0 Å². The fourth-order valence-corrected chi connectivity index (χ4v) is 4.31. The molecule has 3 aromatic rings. The molecule has 146 valence electrons. The van der Waals surface area contributed by atoms with Crippen LogP contribution < -0.4 is 5.32 Å². The van der Waals surface area contributed by atoms with Gasteiger partial charge in [-0.05, 0) is 11.1 Å². The third-order valence-electron chi connectivity index (χ3n) is 5.62. The number of ether oxygens (including phenoxy) is 1. The minimum Gasteiger partial charge on any atom is -0.468 e. The summed E-state index contributed by atoms with van der Waals surface area (Å²) < 4.78 is 5.09. The molecule has 1 aliphatic rings. The molecular weight excluding hydrogens is 362 g/mol. The van der Waals surface area contributed by atoms with E-state index in [2.05, 4.69) is 5.32 Å². The lowest BCUT2D eigenvalue weighted by Gasteiger charge is -2.24. The van der Waals surface area contributed by atoms with Gasteiger partial charge in [-0.3, -0.25) is 14.9 Å². The largest absolute Gasteiger partial charge is 0.468 e. The van der Waals surface area contributed by atoms with Crippen LogP contribution in [0.25, 0.3) is 0 Å². The molecule has 0 bridgehead atoms. The highest BCUT2D eigenvalue weighted by molar-refractivity contribution is 6.00. The lowest BCUT2D eigenvalue weighted by atomic mass is 9.76. The van der Waals surface area contributed by atoms with E-state index in [1.54, 1.807) is 0 Å². The van der Waals surface area contributed by atoms with Crippen LogP contribution >= 0.6 is 0 Å². The van der Waals surface area contributed by atoms with Crippen molar-refractivity contribution in [2.24, 2.45) is 5.92 Å². The lowest BCUT2D eigenvalue weighted by molar-refractivity contribution is -0.143. The molecule has 4 nitrogen and oxygen atoms in total. The van der Waals surface area contributed by atoms with Gasteiger partial charge in [0.15, 0.2) is 5.78 Å². The first-order chi connectivity index (χ1) is 14.2. The number of rotatable bonds is 5. The topological polar surface area (TPSA) is 55.4 Å². The molecule has 1 heterocycles. The van der Waals surface area contributed by atoms with Gasteiger partial charge in [-0.2, -0.15) is 0 Å². The second-order valence-corrected chi connectivity index (χ2v) is 7.25. The Kier molecular flexibility index (Phi) is 5.54. The molecule has 0 spiro atoms. The molecule has 0 aliphatic carbocycles. The predicted octanol–water partition coefficient (Wildman–Crippen LogP) is 4.16. The zero-order valence-corrected chi connectivity index (χ0v) is 16.2. The summed E-state index contributed by atoms with van der Waals surface area (Å²) in [6, 6.07) is 28.0. The van der Waals surface area contributed by atoms with Crippen molar-refractivity contribution in [3.05, 3.63) is 108 Å². The number of carbonyl (C=O) groups is 2. The molecule has 1 aliphatic heterocycles. The molecule has 0 unspecified atom stereocenters. The van der Waals surface area contributed by atoms with Gasteiger partial charge in [-0.25, -0.2) is 0 Å². The predicted molar refractivity (Wildman–Crippen MR) is 112 cm³/mol. The molecular formula is C25H23NO3. The van der Waals surface area contributed by atoms with E-state index in [-0.39, 0.29) is 23.7 Å². The molecule has 0 aromatic heterocycles. The van der Waals surface area contributed by atoms with Gasteiger partial charge >= 0.3 is 5.97 Å². The number of esters is 1. The third kappa shape index (κ3) is 3.71. The van der Waals surface area contributed by atoms with Crippen LogP contribution in [-0.4, -0.2) is 24.9 Å². The van der Waals surface area contributed by atoms with Gasteiger partial charge in [-0.1, -0.05) is 91.0 Å². The van der Waals surface area contributed by atoms with Crippen molar-refractivity contribution in [3.8, 4) is 0 Å². The van der Waals surface area contributed by atoms with Crippen LogP contribution in [0, 0.1) is 5.92 Å². The van der Waals surface area contributed by atoms with Crippen LogP contribution in [0.5, 0.6) is 0 Å². The average molecular weight is 385 g/mol. The summed E-state index contributed by atoms with van der Waals surface area (Å²) in [6.07, 6.45) is 0. The molecule has 29 heavy (non-hydrogen) atoms. The maximum atomic E-state index is 13.7. The Balaban J connectivity index is 1.85. The summed E-state index contributed by atoms with van der Waals surface area (Å²) in [5, 5.41) is 3.41. The first-order valence-electron chi connectivity index (χ1n) is 9.73. The molecule has 3 aromatic carbocycles. The number of carbonyl (C=O) groups excluding carboxylic acids is 2. The summed E-state index contributed by atoms with van der Waals surface area (Å²) in [4.78, 5) is 26.4. The fourth-order valence-electron chi connectivity index (χ4n) is 4.31. The second-order valence-electron chi connectivity index (χ2n) is 7.25. The zero-order valence-electron chi connectivity index (χ0n) is 16.2. The zero-order chi connectivity index (χ0) is 20.2. The third-order valence-corrected chi connectivity index (χ3v) is 5.62. The Hall–Kier alpha value is -3.24. The number of hydrogen-bond donors (Lipinski definition) is 1. The number of hydrogen-bond acceptors (Lipinski definition) is 4. The summed E-state index contributed by atoms with van der Waals surface area (Å²) in [7, 11) is 1.38. The van der Waals surface area contributed by atoms with Crippen LogP contribution in [0.3, 0.4) is 0 Å². The quantitative estimate of drug-likeness (QED) is 0.529. The molecule has 0 radical (unpaired) electrons. The van der Waals surface area contributed by atoms with Crippen molar-refractivity contribution in [1.82, 2.24) is 5.32 Å². The Morgan fingerprint density at radius 3 is 1.83 bits per heavy atom. The first kappa shape index (κ1) is 19.1. The Morgan fingerprint density at radius 2 is 1.28 bits per heavy atom. The molecule has 1 N–H and O–H groups in total. The number of ketones is 1. The van der Waals surface area contributed by atoms with Gasteiger partial charge in [0, 0.05) is 17.5 Å². The van der Waals surface area contributed by atoms with Crippen molar-refractivity contribution in [2.45, 2.75) is 18.0 Å². The van der Waals surface area contributed by atoms with Crippen molar-refractivity contribution in [1.29, 1.82) is 0 Å². The maximum absolute atomic E-state index is 13.7. The van der Waals surface area contributed by atoms with Crippen LogP contribution in [0.15, 0.2) is 91.0 Å². The van der Waals surface area contributed by atoms with Gasteiger partial charge in [0.05, 0.1) is 13.0 Å². The van der Waals surface area contributed by atoms with Gasteiger partial charge in [-0.15, -0.1) is 0 Å². The molecule has 4 heteroatoms. The number of nitrogens with one attached hydrogen (secondary N) is 1. The molecule has 4 rings (SSSR count). The van der Waals surface area contributed by atoms with E-state index >= 15 is 0 Å². The summed E-state index contributed by atoms with van der Waals surface area (Å²) in [5.41, 5.74) is 2.57. The SMILES string of the molecule is COC(=O)[C@H]1N[C@@H](c2ccccc2)[C@H](C(=O)c2ccccc2)[C@H]1c1ccccc1. The van der Waals surface area contributed by atoms with Gasteiger partial charge in [0.1, 0.15) is 6.04 Å². The van der Waals surface area contributed by atoms with Gasteiger partial charge < -0.3 is 4.74 Å². The average Bonchev–Trinajstić information content (AvgIpc) is 3.20. The smallest absolute Gasteiger partial charge is 0.323 e. The normalized spacial score (nSPS) is 23.5. The highest BCUT2D eigenvalue weighted by Crippen LogP contribution is 2.45. The van der Waals surface area contributed by atoms with Crippen LogP contribution in [-0.2, 0) is 9.53 Å². The van der Waals surface area contributed by atoms with E-state index in [9.17, 15) is 9.59 Å². The van der Waals surface area contributed by atoms with E-state index in [1.807, 2.05) is 91.0 Å². The van der Waals surface area contributed by atoms with E-state index in [0.29, 0.717) is 5.56 Å². The lowest BCUT2D eigenvalue weighted by Crippen LogP contribution is -2.36. The Labute approximate surface area is 170 Å². The van der Waals surface area contributed by atoms with Crippen LogP contribution in [0.4, 0.5) is 0 Å². The number of benzene rings is 3. The molecule has 4 atom stereocenters. The number of methoxy groups -OCH3 is 1. The van der Waals surface area contributed by atoms with Crippen LogP contribution in [0.1, 0.15) is 33.4 Å². The first-order valence-corrected chi connectivity index (χ1v) is 9.73. The van der Waals surface area contributed by atoms with Crippen molar-refractivity contribution < 1.29 is 14.3 Å². The number of Topliss-reactive ketones (excluding diaryl/α,β-unsaturated/α-hetero) is 1. The van der Waals surface area contributed by atoms with Crippen LogP contribution in [0.2, 0.25) is 0 Å². The molecule has 0 saturated carbocycles. The van der Waals surface area contributed by atoms with E-state index in [0.717, 1.165) is 11.1 Å². The minimum atomic E-state index is -0.606. The molecule has 1 fully saturated rings. The minimum absolute atomic E-state index is 0.0206. The van der Waals surface area contributed by atoms with E-state index < -0.39 is 12.0 Å². The van der Waals surface area contributed by atoms with Gasteiger partial charge in [0.25, 0.3) is 0 Å². The standard InChI is InChI=1S/C25H23NO3/c1-29-25(28)23-20(17-11-5-2-6-12-17)21(24(27)19-15-9-4-10-16-19)22(26-23)18-13-7-3-8-14-18/h2-16,20-23,26H,1H3/t20-,21-,22+,23+/m1/s1. The van der Waals surface area contributed by atoms with E-state index in [4.69, 9.17) is 4.74 Å². The Bertz CT molecular complexity index is 973. The second kappa shape index (κ2) is 8.41. The molecule has 1 saturated heterocycles. The molecule has 0 amide bonds. The monoisotopic (exact) mass is 385 g/mol. The maximum Gasteiger partial charge on any atom is 0.323 e. The van der Waals surface area contributed by atoms with E-state index in [1.165, 1.54) is 7.11 Å². The highest BCUT2D eigenvalue weighted by Gasteiger charge is 2.51. The van der Waals surface area contributed by atoms with Crippen molar-refractivity contribution in [2.75, 3.05) is 7.11 Å².